The second kappa shape index (κ2) is 12.5. The van der Waals surface area contributed by atoms with E-state index in [0.717, 1.165) is 16.7 Å². The lowest BCUT2D eigenvalue weighted by Crippen LogP contribution is -2.42. The maximum atomic E-state index is 13.9. The first-order valence-corrected chi connectivity index (χ1v) is 15.0. The standard InChI is InChI=1S/C31H29ClN4O5S/c1-39-15-7-14-33-26(37)17-35-27(38)18-42-30(21-12-13-24-25(16-21)41-19-40-24)28-29(20-8-3-2-4-9-20)34-36(31(28)35)23-11-6-5-10-22(23)32/h2-6,8-13,16,30H,7,14-15,17-19H2,1H3,(H,33,37). The van der Waals surface area contributed by atoms with Crippen molar-refractivity contribution in [2.45, 2.75) is 11.7 Å². The Morgan fingerprint density at radius 2 is 1.88 bits per heavy atom. The molecule has 0 saturated carbocycles. The van der Waals surface area contributed by atoms with Gasteiger partial charge < -0.3 is 19.5 Å². The van der Waals surface area contributed by atoms with E-state index in [1.54, 1.807) is 17.9 Å². The molecule has 0 bridgehead atoms. The fraction of sp³-hybridized carbons (Fsp3) is 0.258. The molecule has 0 radical (unpaired) electrons. The molecule has 3 aromatic carbocycles. The first kappa shape index (κ1) is 28.1. The molecule has 1 aromatic heterocycles. The van der Waals surface area contributed by atoms with Crippen molar-refractivity contribution in [2.75, 3.05) is 44.3 Å². The van der Waals surface area contributed by atoms with Gasteiger partial charge in [0.15, 0.2) is 11.5 Å². The highest BCUT2D eigenvalue weighted by atomic mass is 35.5. The van der Waals surface area contributed by atoms with Crippen molar-refractivity contribution in [3.05, 3.63) is 88.9 Å². The van der Waals surface area contributed by atoms with Crippen LogP contribution in [0, 0.1) is 0 Å². The van der Waals surface area contributed by atoms with Crippen molar-refractivity contribution in [3.8, 4) is 28.4 Å². The van der Waals surface area contributed by atoms with Gasteiger partial charge in [-0.3, -0.25) is 14.5 Å². The Bertz CT molecular complexity index is 1610. The molecule has 9 nitrogen and oxygen atoms in total. The van der Waals surface area contributed by atoms with E-state index in [-0.39, 0.29) is 36.2 Å². The second-order valence-corrected chi connectivity index (χ2v) is 11.3. The summed E-state index contributed by atoms with van der Waals surface area (Å²) in [4.78, 5) is 28.6. The summed E-state index contributed by atoms with van der Waals surface area (Å²) in [6.45, 7) is 0.959. The summed E-state index contributed by atoms with van der Waals surface area (Å²) in [5, 5.41) is 8.16. The van der Waals surface area contributed by atoms with Crippen molar-refractivity contribution in [2.24, 2.45) is 0 Å². The SMILES string of the molecule is COCCCNC(=O)CN1C(=O)CSC(c2ccc3c(c2)OCO3)c2c(-c3ccccc3)nn(-c3ccccc3Cl)c21. The predicted octanol–water partition coefficient (Wildman–Crippen LogP) is 5.24. The van der Waals surface area contributed by atoms with Crippen LogP contribution in [0.1, 0.15) is 22.8 Å². The molecule has 2 aliphatic rings. The van der Waals surface area contributed by atoms with Gasteiger partial charge in [-0.25, -0.2) is 4.68 Å². The third-order valence-electron chi connectivity index (χ3n) is 7.07. The molecule has 1 N–H and O–H groups in total. The van der Waals surface area contributed by atoms with Crippen LogP contribution in [-0.4, -0.2) is 60.9 Å². The van der Waals surface area contributed by atoms with Gasteiger partial charge in [0.25, 0.3) is 0 Å². The molecule has 3 heterocycles. The number of nitrogens with zero attached hydrogens (tertiary/aromatic N) is 3. The van der Waals surface area contributed by atoms with Gasteiger partial charge in [-0.2, -0.15) is 5.10 Å². The van der Waals surface area contributed by atoms with Crippen LogP contribution < -0.4 is 19.7 Å². The third-order valence-corrected chi connectivity index (χ3v) is 8.64. The van der Waals surface area contributed by atoms with Gasteiger partial charge in [0.05, 0.1) is 27.4 Å². The summed E-state index contributed by atoms with van der Waals surface area (Å²) >= 11 is 8.20. The number of carbonyl (C=O) groups is 2. The van der Waals surface area contributed by atoms with Crippen LogP contribution in [-0.2, 0) is 14.3 Å². The summed E-state index contributed by atoms with van der Waals surface area (Å²) in [5.74, 6) is 1.51. The molecule has 1 unspecified atom stereocenters. The normalized spacial score (nSPS) is 15.8. The topological polar surface area (TPSA) is 94.9 Å². The summed E-state index contributed by atoms with van der Waals surface area (Å²) < 4.78 is 18.0. The number of methoxy groups -OCH3 is 1. The lowest BCUT2D eigenvalue weighted by Gasteiger charge is -2.23. The highest BCUT2D eigenvalue weighted by Crippen LogP contribution is 2.50. The fourth-order valence-corrected chi connectivity index (χ4v) is 6.51. The van der Waals surface area contributed by atoms with Gasteiger partial charge in [0.1, 0.15) is 12.4 Å². The minimum Gasteiger partial charge on any atom is -0.454 e. The van der Waals surface area contributed by atoms with Crippen molar-refractivity contribution in [3.63, 3.8) is 0 Å². The number of rotatable bonds is 9. The number of hydrogen-bond acceptors (Lipinski definition) is 7. The Labute approximate surface area is 252 Å². The fourth-order valence-electron chi connectivity index (χ4n) is 5.10. The molecule has 11 heteroatoms. The zero-order chi connectivity index (χ0) is 29.1. The summed E-state index contributed by atoms with van der Waals surface area (Å²) in [6.07, 6.45) is 0.666. The van der Waals surface area contributed by atoms with Gasteiger partial charge in [-0.15, -0.1) is 11.8 Å². The number of para-hydroxylation sites is 1. The van der Waals surface area contributed by atoms with Crippen LogP contribution in [0.3, 0.4) is 0 Å². The molecule has 1 atom stereocenters. The number of amides is 2. The third kappa shape index (κ3) is 5.57. The van der Waals surface area contributed by atoms with Gasteiger partial charge in [0, 0.05) is 31.4 Å². The number of aromatic nitrogens is 2. The van der Waals surface area contributed by atoms with Gasteiger partial charge in [0.2, 0.25) is 18.6 Å². The lowest BCUT2D eigenvalue weighted by molar-refractivity contribution is -0.122. The average molecular weight is 605 g/mol. The van der Waals surface area contributed by atoms with Crippen LogP contribution in [0.4, 0.5) is 5.82 Å². The first-order chi connectivity index (χ1) is 20.5. The molecular weight excluding hydrogens is 576 g/mol. The summed E-state index contributed by atoms with van der Waals surface area (Å²) in [7, 11) is 1.62. The van der Waals surface area contributed by atoms with E-state index in [9.17, 15) is 9.59 Å². The molecule has 0 aliphatic carbocycles. The molecule has 0 spiro atoms. The van der Waals surface area contributed by atoms with Crippen LogP contribution in [0.5, 0.6) is 11.5 Å². The number of hydrogen-bond donors (Lipinski definition) is 1. The number of halogens is 1. The number of anilines is 1. The maximum Gasteiger partial charge on any atom is 0.240 e. The molecule has 2 amide bonds. The quantitative estimate of drug-likeness (QED) is 0.261. The van der Waals surface area contributed by atoms with Crippen LogP contribution in [0.25, 0.3) is 16.9 Å². The Kier molecular flexibility index (Phi) is 8.36. The average Bonchev–Trinajstić information content (AvgIpc) is 3.61. The largest absolute Gasteiger partial charge is 0.454 e. The van der Waals surface area contributed by atoms with Crippen molar-refractivity contribution in [1.82, 2.24) is 15.1 Å². The van der Waals surface area contributed by atoms with E-state index in [1.807, 2.05) is 66.7 Å². The van der Waals surface area contributed by atoms with Gasteiger partial charge >= 0.3 is 0 Å². The molecule has 42 heavy (non-hydrogen) atoms. The first-order valence-electron chi connectivity index (χ1n) is 13.6. The van der Waals surface area contributed by atoms with Crippen LogP contribution in [0.15, 0.2) is 72.8 Å². The van der Waals surface area contributed by atoms with E-state index in [4.69, 9.17) is 30.9 Å². The number of benzene rings is 3. The number of thioether (sulfide) groups is 1. The molecular formula is C31H29ClN4O5S. The Balaban J connectivity index is 1.54. The smallest absolute Gasteiger partial charge is 0.240 e. The van der Waals surface area contributed by atoms with Crippen molar-refractivity contribution in [1.29, 1.82) is 0 Å². The van der Waals surface area contributed by atoms with Crippen molar-refractivity contribution < 1.29 is 23.8 Å². The van der Waals surface area contributed by atoms with Gasteiger partial charge in [-0.05, 0) is 36.2 Å². The molecule has 216 valence electrons. The number of fused-ring (bicyclic) bond motifs is 2. The molecule has 6 rings (SSSR count). The minimum atomic E-state index is -0.306. The number of ether oxygens (including phenoxy) is 3. The summed E-state index contributed by atoms with van der Waals surface area (Å²) in [5.41, 5.74) is 3.92. The molecule has 0 saturated heterocycles. The molecule has 0 fully saturated rings. The Morgan fingerprint density at radius 3 is 2.69 bits per heavy atom. The lowest BCUT2D eigenvalue weighted by atomic mass is 9.99. The van der Waals surface area contributed by atoms with E-state index in [2.05, 4.69) is 5.32 Å². The van der Waals surface area contributed by atoms with Crippen LogP contribution >= 0.6 is 23.4 Å². The van der Waals surface area contributed by atoms with E-state index in [0.29, 0.717) is 53.3 Å². The van der Waals surface area contributed by atoms with E-state index >= 15 is 0 Å². The number of carbonyl (C=O) groups excluding carboxylic acids is 2. The van der Waals surface area contributed by atoms with E-state index < -0.39 is 0 Å². The van der Waals surface area contributed by atoms with Gasteiger partial charge in [-0.1, -0.05) is 60.1 Å². The maximum absolute atomic E-state index is 13.9. The Morgan fingerprint density at radius 1 is 1.10 bits per heavy atom. The minimum absolute atomic E-state index is 0.154. The highest BCUT2D eigenvalue weighted by molar-refractivity contribution is 8.00. The predicted molar refractivity (Wildman–Crippen MR) is 163 cm³/mol. The zero-order valence-corrected chi connectivity index (χ0v) is 24.5. The highest BCUT2D eigenvalue weighted by Gasteiger charge is 2.38. The monoisotopic (exact) mass is 604 g/mol. The molecule has 2 aliphatic heterocycles. The molecule has 4 aromatic rings. The second-order valence-electron chi connectivity index (χ2n) is 9.80. The van der Waals surface area contributed by atoms with Crippen molar-refractivity contribution >= 4 is 41.0 Å². The number of nitrogens with one attached hydrogen (secondary N) is 1. The van der Waals surface area contributed by atoms with Crippen LogP contribution in [0.2, 0.25) is 5.02 Å². The summed E-state index contributed by atoms with van der Waals surface area (Å²) in [6, 6.07) is 23.0. The zero-order valence-electron chi connectivity index (χ0n) is 22.9. The van der Waals surface area contributed by atoms with E-state index in [1.165, 1.54) is 16.7 Å². The Hall–Kier alpha value is -3.99.